The van der Waals surface area contributed by atoms with Gasteiger partial charge in [0.15, 0.2) is 0 Å². The second-order valence-electron chi connectivity index (χ2n) is 7.83. The number of amides is 2. The van der Waals surface area contributed by atoms with Crippen LogP contribution in [0.3, 0.4) is 0 Å². The van der Waals surface area contributed by atoms with Crippen LogP contribution >= 0.6 is 11.8 Å². The lowest BCUT2D eigenvalue weighted by molar-refractivity contribution is -0.126. The number of nitrogens with one attached hydrogen (secondary N) is 2. The highest BCUT2D eigenvalue weighted by Gasteiger charge is 2.60. The predicted molar refractivity (Wildman–Crippen MR) is 87.7 cm³/mol. The van der Waals surface area contributed by atoms with E-state index in [1.54, 1.807) is 0 Å². The van der Waals surface area contributed by atoms with Crippen molar-refractivity contribution in [1.82, 2.24) is 10.6 Å². The van der Waals surface area contributed by atoms with E-state index in [0.29, 0.717) is 17.5 Å². The van der Waals surface area contributed by atoms with Gasteiger partial charge in [-0.1, -0.05) is 27.2 Å². The minimum absolute atomic E-state index is 0.0480. The lowest BCUT2D eigenvalue weighted by Crippen LogP contribution is -2.58. The van der Waals surface area contributed by atoms with E-state index in [4.69, 9.17) is 0 Å². The van der Waals surface area contributed by atoms with E-state index in [1.807, 2.05) is 32.5 Å². The maximum absolute atomic E-state index is 11.9. The van der Waals surface area contributed by atoms with Crippen molar-refractivity contribution in [3.63, 3.8) is 0 Å². The van der Waals surface area contributed by atoms with Crippen molar-refractivity contribution >= 4 is 23.6 Å². The Labute approximate surface area is 132 Å². The first-order valence-electron chi connectivity index (χ1n) is 7.84. The summed E-state index contributed by atoms with van der Waals surface area (Å²) >= 11 is 1.94. The van der Waals surface area contributed by atoms with Gasteiger partial charge >= 0.3 is 6.03 Å². The number of rotatable bonds is 5. The molecule has 0 bridgehead atoms. The maximum Gasteiger partial charge on any atom is 0.315 e. The first-order valence-corrected chi connectivity index (χ1v) is 8.89. The minimum atomic E-state index is -0.226. The van der Waals surface area contributed by atoms with Crippen molar-refractivity contribution in [3.05, 3.63) is 0 Å². The smallest absolute Gasteiger partial charge is 0.315 e. The molecule has 2 aliphatic rings. The second kappa shape index (κ2) is 5.49. The van der Waals surface area contributed by atoms with Gasteiger partial charge in [-0.05, 0) is 26.7 Å². The van der Waals surface area contributed by atoms with Crippen LogP contribution in [0, 0.1) is 5.41 Å². The van der Waals surface area contributed by atoms with Crippen LogP contribution in [0.1, 0.15) is 60.3 Å². The predicted octanol–water partition coefficient (Wildman–Crippen LogP) is 3.11. The molecule has 2 saturated heterocycles. The zero-order chi connectivity index (χ0) is 15.9. The summed E-state index contributed by atoms with van der Waals surface area (Å²) in [4.78, 5) is 23.6. The molecule has 3 atom stereocenters. The summed E-state index contributed by atoms with van der Waals surface area (Å²) in [6.45, 7) is 10.2. The van der Waals surface area contributed by atoms with E-state index >= 15 is 0 Å². The summed E-state index contributed by atoms with van der Waals surface area (Å²) in [6.07, 6.45) is 3.71. The van der Waals surface area contributed by atoms with Crippen LogP contribution in [0.25, 0.3) is 0 Å². The van der Waals surface area contributed by atoms with Gasteiger partial charge in [-0.3, -0.25) is 4.79 Å². The first kappa shape index (κ1) is 16.7. The van der Waals surface area contributed by atoms with Gasteiger partial charge in [-0.25, -0.2) is 4.79 Å². The Balaban J connectivity index is 1.83. The third-order valence-electron chi connectivity index (χ3n) is 5.08. The van der Waals surface area contributed by atoms with Crippen molar-refractivity contribution in [2.45, 2.75) is 76.6 Å². The Kier molecular flexibility index (Phi) is 4.35. The number of unbranched alkanes of at least 4 members (excludes halogenated alkanes) is 1. The van der Waals surface area contributed by atoms with Crippen molar-refractivity contribution in [2.75, 3.05) is 5.75 Å². The quantitative estimate of drug-likeness (QED) is 0.606. The molecule has 0 aliphatic carbocycles. The standard InChI is InChI=1S/C16H28N2O2S/c1-14(2,3)11(19)8-6-7-9-12-16(5)15(4,10-21-12)17-13(20)18-16/h12H,6-10H2,1-5H3,(H2,17,18,20)/t12-,15-,16+/m1/s1. The summed E-state index contributed by atoms with van der Waals surface area (Å²) < 4.78 is 0. The number of hydrogen-bond acceptors (Lipinski definition) is 3. The van der Waals surface area contributed by atoms with Gasteiger partial charge in [0.1, 0.15) is 5.78 Å². The molecule has 0 radical (unpaired) electrons. The number of fused-ring (bicyclic) bond motifs is 1. The topological polar surface area (TPSA) is 58.2 Å². The highest BCUT2D eigenvalue weighted by molar-refractivity contribution is 8.00. The normalized spacial score (nSPS) is 35.3. The SMILES string of the molecule is CC(C)(C)C(=O)CCCC[C@H]1SC[C@@]2(C)NC(=O)N[C@@]12C. The van der Waals surface area contributed by atoms with Gasteiger partial charge in [-0.15, -0.1) is 0 Å². The van der Waals surface area contributed by atoms with Crippen molar-refractivity contribution in [2.24, 2.45) is 5.41 Å². The first-order chi connectivity index (χ1) is 9.58. The molecule has 0 aromatic rings. The average molecular weight is 312 g/mol. The molecule has 2 rings (SSSR count). The van der Waals surface area contributed by atoms with E-state index in [1.165, 1.54) is 0 Å². The Bertz CT molecular complexity index is 446. The van der Waals surface area contributed by atoms with Crippen LogP contribution < -0.4 is 10.6 Å². The molecular weight excluding hydrogens is 284 g/mol. The minimum Gasteiger partial charge on any atom is -0.330 e. The lowest BCUT2D eigenvalue weighted by atomic mass is 9.78. The monoisotopic (exact) mass is 312 g/mol. The molecule has 4 nitrogen and oxygen atoms in total. The van der Waals surface area contributed by atoms with E-state index < -0.39 is 0 Å². The van der Waals surface area contributed by atoms with Crippen molar-refractivity contribution in [1.29, 1.82) is 0 Å². The van der Waals surface area contributed by atoms with Crippen LogP contribution in [0.5, 0.6) is 0 Å². The molecule has 0 aromatic heterocycles. The summed E-state index contributed by atoms with van der Waals surface area (Å²) in [5, 5.41) is 6.61. The van der Waals surface area contributed by atoms with Gasteiger partial charge < -0.3 is 10.6 Å². The summed E-state index contributed by atoms with van der Waals surface area (Å²) in [5.41, 5.74) is -0.556. The summed E-state index contributed by atoms with van der Waals surface area (Å²) in [6, 6.07) is -0.0480. The number of urea groups is 1. The largest absolute Gasteiger partial charge is 0.330 e. The van der Waals surface area contributed by atoms with Crippen molar-refractivity contribution in [3.8, 4) is 0 Å². The summed E-state index contributed by atoms with van der Waals surface area (Å²) in [5.74, 6) is 1.29. The number of thioether (sulfide) groups is 1. The molecule has 0 spiro atoms. The number of carbonyl (C=O) groups is 2. The second-order valence-corrected chi connectivity index (χ2v) is 9.02. The van der Waals surface area contributed by atoms with Gasteiger partial charge in [0.2, 0.25) is 0 Å². The molecule has 0 aromatic carbocycles. The Morgan fingerprint density at radius 1 is 1.29 bits per heavy atom. The third kappa shape index (κ3) is 3.08. The molecular formula is C16H28N2O2S. The van der Waals surface area contributed by atoms with Crippen LogP contribution in [0.4, 0.5) is 4.79 Å². The molecule has 2 fully saturated rings. The van der Waals surface area contributed by atoms with E-state index in [9.17, 15) is 9.59 Å². The fourth-order valence-electron chi connectivity index (χ4n) is 3.20. The van der Waals surface area contributed by atoms with Gasteiger partial charge in [0.05, 0.1) is 11.1 Å². The van der Waals surface area contributed by atoms with E-state index in [2.05, 4.69) is 24.5 Å². The van der Waals surface area contributed by atoms with Crippen LogP contribution in [0.2, 0.25) is 0 Å². The number of carbonyl (C=O) groups excluding carboxylic acids is 2. The highest BCUT2D eigenvalue weighted by Crippen LogP contribution is 2.47. The number of hydrogen-bond donors (Lipinski definition) is 2. The Hall–Kier alpha value is -0.710. The molecule has 2 N–H and O–H groups in total. The highest BCUT2D eigenvalue weighted by atomic mass is 32.2. The molecule has 0 saturated carbocycles. The zero-order valence-electron chi connectivity index (χ0n) is 13.8. The molecule has 120 valence electrons. The van der Waals surface area contributed by atoms with Crippen LogP contribution in [-0.2, 0) is 4.79 Å². The fraction of sp³-hybridized carbons (Fsp3) is 0.875. The fourth-order valence-corrected chi connectivity index (χ4v) is 5.10. The molecule has 2 amide bonds. The zero-order valence-corrected chi connectivity index (χ0v) is 14.7. The number of ketones is 1. The van der Waals surface area contributed by atoms with Gasteiger partial charge in [0, 0.05) is 22.8 Å². The van der Waals surface area contributed by atoms with Crippen LogP contribution in [0.15, 0.2) is 0 Å². The van der Waals surface area contributed by atoms with Gasteiger partial charge in [-0.2, -0.15) is 11.8 Å². The third-order valence-corrected chi connectivity index (χ3v) is 6.94. The molecule has 0 unspecified atom stereocenters. The maximum atomic E-state index is 11.9. The molecule has 21 heavy (non-hydrogen) atoms. The van der Waals surface area contributed by atoms with E-state index in [-0.39, 0.29) is 22.5 Å². The molecule has 5 heteroatoms. The summed E-state index contributed by atoms with van der Waals surface area (Å²) in [7, 11) is 0. The lowest BCUT2D eigenvalue weighted by Gasteiger charge is -2.35. The Morgan fingerprint density at radius 3 is 2.57 bits per heavy atom. The molecule has 2 heterocycles. The average Bonchev–Trinajstić information content (AvgIpc) is 2.69. The van der Waals surface area contributed by atoms with Crippen molar-refractivity contribution < 1.29 is 9.59 Å². The Morgan fingerprint density at radius 2 is 1.95 bits per heavy atom. The van der Waals surface area contributed by atoms with Gasteiger partial charge in [0.25, 0.3) is 0 Å². The van der Waals surface area contributed by atoms with Crippen LogP contribution in [-0.4, -0.2) is 33.9 Å². The van der Waals surface area contributed by atoms with E-state index in [0.717, 1.165) is 25.0 Å². The molecule has 2 aliphatic heterocycles. The number of Topliss-reactive ketones (excluding diaryl/α,β-unsaturated/α-hetero) is 1.